The summed E-state index contributed by atoms with van der Waals surface area (Å²) in [5.74, 6) is 0.666. The second-order valence-corrected chi connectivity index (χ2v) is 6.62. The number of benzene rings is 1. The summed E-state index contributed by atoms with van der Waals surface area (Å²) in [6, 6.07) is 9.02. The van der Waals surface area contributed by atoms with Crippen molar-refractivity contribution in [2.75, 3.05) is 5.32 Å². The van der Waals surface area contributed by atoms with E-state index < -0.39 is 0 Å². The Hall–Kier alpha value is -2.80. The van der Waals surface area contributed by atoms with Gasteiger partial charge in [0.15, 0.2) is 17.0 Å². The lowest BCUT2D eigenvalue weighted by Crippen LogP contribution is -2.14. The van der Waals surface area contributed by atoms with Gasteiger partial charge in [0.05, 0.1) is 12.4 Å². The number of anilines is 1. The highest BCUT2D eigenvalue weighted by atomic mass is 16.5. The maximum absolute atomic E-state index is 12.4. The summed E-state index contributed by atoms with van der Waals surface area (Å²) in [7, 11) is 0. The first kappa shape index (κ1) is 16.7. The molecule has 1 aromatic carbocycles. The van der Waals surface area contributed by atoms with E-state index in [1.165, 1.54) is 6.33 Å². The smallest absolute Gasteiger partial charge is 0.256 e. The standard InChI is InChI=1S/C19H21N5O2/c1-3-14-12(2)9-15(26-14)24-11-22-16-17(20-10-21-18(16)24)23-19(25)13-7-5-4-6-8-13/h4-8,10-12,14-15H,3,9H2,1-2H3,(H,20,21,23,25)/t12-,14+,15+/m0/s1. The van der Waals surface area contributed by atoms with Crippen LogP contribution in [0.2, 0.25) is 0 Å². The molecule has 0 aliphatic carbocycles. The third kappa shape index (κ3) is 2.94. The molecule has 1 fully saturated rings. The van der Waals surface area contributed by atoms with Gasteiger partial charge in [0.2, 0.25) is 0 Å². The van der Waals surface area contributed by atoms with E-state index in [1.807, 2.05) is 22.8 Å². The lowest BCUT2D eigenvalue weighted by molar-refractivity contribution is -0.00304. The Kier molecular flexibility index (Phi) is 4.38. The predicted octanol–water partition coefficient (Wildman–Crippen LogP) is 3.41. The van der Waals surface area contributed by atoms with E-state index in [9.17, 15) is 4.79 Å². The van der Waals surface area contributed by atoms with Gasteiger partial charge in [0.25, 0.3) is 5.91 Å². The van der Waals surface area contributed by atoms with E-state index >= 15 is 0 Å². The predicted molar refractivity (Wildman–Crippen MR) is 97.7 cm³/mol. The van der Waals surface area contributed by atoms with Gasteiger partial charge in [-0.3, -0.25) is 9.36 Å². The molecule has 0 spiro atoms. The molecule has 7 nitrogen and oxygen atoms in total. The van der Waals surface area contributed by atoms with Crippen LogP contribution in [0.15, 0.2) is 43.0 Å². The van der Waals surface area contributed by atoms with Crippen LogP contribution in [0.5, 0.6) is 0 Å². The molecule has 3 atom stereocenters. The molecule has 4 rings (SSSR count). The van der Waals surface area contributed by atoms with Crippen molar-refractivity contribution in [3.63, 3.8) is 0 Å². The second-order valence-electron chi connectivity index (χ2n) is 6.62. The molecule has 3 aromatic rings. The van der Waals surface area contributed by atoms with Gasteiger partial charge in [-0.2, -0.15) is 0 Å². The van der Waals surface area contributed by atoms with Crippen LogP contribution in [-0.4, -0.2) is 31.5 Å². The Labute approximate surface area is 151 Å². The van der Waals surface area contributed by atoms with E-state index in [-0.39, 0.29) is 18.2 Å². The molecule has 1 aliphatic rings. The number of nitrogens with zero attached hydrogens (tertiary/aromatic N) is 4. The number of ether oxygens (including phenoxy) is 1. The molecule has 134 valence electrons. The van der Waals surface area contributed by atoms with Crippen molar-refractivity contribution in [2.24, 2.45) is 5.92 Å². The highest BCUT2D eigenvalue weighted by Gasteiger charge is 2.33. The number of rotatable bonds is 4. The minimum absolute atomic E-state index is 0.0903. The van der Waals surface area contributed by atoms with Gasteiger partial charge in [-0.15, -0.1) is 0 Å². The minimum Gasteiger partial charge on any atom is -0.354 e. The third-order valence-electron chi connectivity index (χ3n) is 4.88. The van der Waals surface area contributed by atoms with Gasteiger partial charge >= 0.3 is 0 Å². The maximum atomic E-state index is 12.4. The molecule has 0 bridgehead atoms. The summed E-state index contributed by atoms with van der Waals surface area (Å²) in [6.07, 6.45) is 5.21. The van der Waals surface area contributed by atoms with Crippen molar-refractivity contribution >= 4 is 22.9 Å². The first-order valence-electron chi connectivity index (χ1n) is 8.86. The topological polar surface area (TPSA) is 81.9 Å². The van der Waals surface area contributed by atoms with Crippen LogP contribution in [-0.2, 0) is 4.74 Å². The molecule has 1 amide bonds. The number of carbonyl (C=O) groups is 1. The molecule has 1 saturated heterocycles. The number of nitrogens with one attached hydrogen (secondary N) is 1. The van der Waals surface area contributed by atoms with Crippen molar-refractivity contribution in [1.29, 1.82) is 0 Å². The monoisotopic (exact) mass is 351 g/mol. The summed E-state index contributed by atoms with van der Waals surface area (Å²) in [5.41, 5.74) is 1.79. The normalized spacial score (nSPS) is 22.6. The Morgan fingerprint density at radius 1 is 1.27 bits per heavy atom. The van der Waals surface area contributed by atoms with E-state index in [0.717, 1.165) is 12.8 Å². The van der Waals surface area contributed by atoms with Crippen LogP contribution in [0.1, 0.15) is 43.3 Å². The van der Waals surface area contributed by atoms with Crippen LogP contribution in [0.25, 0.3) is 11.2 Å². The molecule has 1 N–H and O–H groups in total. The average molecular weight is 351 g/mol. The molecular formula is C19H21N5O2. The summed E-state index contributed by atoms with van der Waals surface area (Å²) in [4.78, 5) is 25.4. The van der Waals surface area contributed by atoms with Gasteiger partial charge in [-0.25, -0.2) is 15.0 Å². The van der Waals surface area contributed by atoms with Gasteiger partial charge in [-0.1, -0.05) is 32.0 Å². The number of aromatic nitrogens is 4. The van der Waals surface area contributed by atoms with E-state index in [4.69, 9.17) is 4.74 Å². The third-order valence-corrected chi connectivity index (χ3v) is 4.88. The number of amides is 1. The molecule has 2 aromatic heterocycles. The highest BCUT2D eigenvalue weighted by molar-refractivity contribution is 6.06. The lowest BCUT2D eigenvalue weighted by Gasteiger charge is -2.14. The second kappa shape index (κ2) is 6.84. The number of hydrogen-bond acceptors (Lipinski definition) is 5. The van der Waals surface area contributed by atoms with Gasteiger partial charge in [0.1, 0.15) is 12.6 Å². The highest BCUT2D eigenvalue weighted by Crippen LogP contribution is 2.36. The lowest BCUT2D eigenvalue weighted by atomic mass is 10.0. The summed E-state index contributed by atoms with van der Waals surface area (Å²) < 4.78 is 8.07. The fourth-order valence-corrected chi connectivity index (χ4v) is 3.46. The van der Waals surface area contributed by atoms with Crippen molar-refractivity contribution in [3.05, 3.63) is 48.5 Å². The molecule has 0 radical (unpaired) electrons. The fourth-order valence-electron chi connectivity index (χ4n) is 3.46. The summed E-state index contributed by atoms with van der Waals surface area (Å²) >= 11 is 0. The van der Waals surface area contributed by atoms with E-state index in [0.29, 0.717) is 28.5 Å². The largest absolute Gasteiger partial charge is 0.354 e. The zero-order valence-corrected chi connectivity index (χ0v) is 14.8. The van der Waals surface area contributed by atoms with Crippen LogP contribution < -0.4 is 5.32 Å². The SMILES string of the molecule is CC[C@H]1O[C@@H](n2cnc3c(NC(=O)c4ccccc4)ncnc32)C[C@@H]1C. The Morgan fingerprint density at radius 2 is 2.08 bits per heavy atom. The van der Waals surface area contributed by atoms with Crippen LogP contribution in [0.4, 0.5) is 5.82 Å². The molecule has 26 heavy (non-hydrogen) atoms. The molecule has 0 unspecified atom stereocenters. The first-order valence-corrected chi connectivity index (χ1v) is 8.86. The van der Waals surface area contributed by atoms with Crippen LogP contribution >= 0.6 is 0 Å². The van der Waals surface area contributed by atoms with Gasteiger partial charge < -0.3 is 10.1 Å². The maximum Gasteiger partial charge on any atom is 0.256 e. The molecule has 3 heterocycles. The molecule has 0 saturated carbocycles. The van der Waals surface area contributed by atoms with Crippen molar-refractivity contribution < 1.29 is 9.53 Å². The van der Waals surface area contributed by atoms with Crippen molar-refractivity contribution in [3.8, 4) is 0 Å². The Bertz CT molecular complexity index is 924. The van der Waals surface area contributed by atoms with Crippen LogP contribution in [0.3, 0.4) is 0 Å². The first-order chi connectivity index (χ1) is 12.7. The fraction of sp³-hybridized carbons (Fsp3) is 0.368. The van der Waals surface area contributed by atoms with Gasteiger partial charge in [-0.05, 0) is 30.9 Å². The molecule has 7 heteroatoms. The number of fused-ring (bicyclic) bond motifs is 1. The number of hydrogen-bond donors (Lipinski definition) is 1. The van der Waals surface area contributed by atoms with Crippen molar-refractivity contribution in [1.82, 2.24) is 19.5 Å². The number of carbonyl (C=O) groups excluding carboxylic acids is 1. The van der Waals surface area contributed by atoms with Gasteiger partial charge in [0, 0.05) is 5.56 Å². The zero-order valence-electron chi connectivity index (χ0n) is 14.8. The van der Waals surface area contributed by atoms with E-state index in [1.54, 1.807) is 18.5 Å². The zero-order chi connectivity index (χ0) is 18.1. The summed E-state index contributed by atoms with van der Waals surface area (Å²) in [5, 5.41) is 2.83. The Balaban J connectivity index is 1.63. The Morgan fingerprint density at radius 3 is 2.81 bits per heavy atom. The minimum atomic E-state index is -0.225. The van der Waals surface area contributed by atoms with Crippen molar-refractivity contribution in [2.45, 2.75) is 39.0 Å². The average Bonchev–Trinajstić information content (AvgIpc) is 3.26. The quantitative estimate of drug-likeness (QED) is 0.779. The molecular weight excluding hydrogens is 330 g/mol. The summed E-state index contributed by atoms with van der Waals surface area (Å²) in [6.45, 7) is 4.34. The molecule has 1 aliphatic heterocycles. The number of imidazole rings is 1. The van der Waals surface area contributed by atoms with Crippen LogP contribution in [0, 0.1) is 5.92 Å². The van der Waals surface area contributed by atoms with E-state index in [2.05, 4.69) is 34.1 Å².